The monoisotopic (exact) mass is 406 g/mol. The zero-order valence-electron chi connectivity index (χ0n) is 16.0. The summed E-state index contributed by atoms with van der Waals surface area (Å²) >= 11 is 6.42. The van der Waals surface area contributed by atoms with Crippen LogP contribution in [-0.2, 0) is 20.9 Å². The van der Waals surface area contributed by atoms with Gasteiger partial charge in [-0.3, -0.25) is 0 Å². The number of hydrogen-bond acceptors (Lipinski definition) is 7. The number of carbonyl (C=O) groups excluding carboxylic acids is 2. The number of benzene rings is 2. The molecule has 2 aromatic rings. The average molecular weight is 407 g/mol. The summed E-state index contributed by atoms with van der Waals surface area (Å²) in [5.41, 5.74) is 7.57. The molecule has 0 aromatic heterocycles. The number of halogens is 1. The topological polar surface area (TPSA) is 91.1 Å². The van der Waals surface area contributed by atoms with E-state index in [1.165, 1.54) is 18.2 Å². The highest BCUT2D eigenvalue weighted by atomic mass is 35.5. The van der Waals surface area contributed by atoms with E-state index in [2.05, 4.69) is 0 Å². The molecule has 0 amide bonds. The van der Waals surface area contributed by atoms with Crippen LogP contribution in [0.5, 0.6) is 5.75 Å². The van der Waals surface area contributed by atoms with Crippen LogP contribution in [0.2, 0.25) is 5.02 Å². The highest BCUT2D eigenvalue weighted by Crippen LogP contribution is 2.42. The van der Waals surface area contributed by atoms with Gasteiger partial charge in [-0.15, -0.1) is 0 Å². The molecule has 2 aromatic carbocycles. The lowest BCUT2D eigenvalue weighted by molar-refractivity contribution is -0.145. The number of carbonyl (C=O) groups is 2. The molecular weight excluding hydrogens is 384 g/mol. The number of ether oxygens (including phenoxy) is 2. The number of nitrogens with zero attached hydrogens (tertiary/aromatic N) is 1. The number of methoxy groups -OCH3 is 1. The Morgan fingerprint density at radius 2 is 1.86 bits per heavy atom. The lowest BCUT2D eigenvalue weighted by Crippen LogP contribution is -2.28. The van der Waals surface area contributed by atoms with Crippen molar-refractivity contribution in [2.24, 2.45) is 0 Å². The Balaban J connectivity index is 2.58. The van der Waals surface area contributed by atoms with Gasteiger partial charge < -0.3 is 20.0 Å². The summed E-state index contributed by atoms with van der Waals surface area (Å²) in [6.07, 6.45) is 0.168. The minimum absolute atomic E-state index is 0.0783. The molecule has 0 aliphatic rings. The first kappa shape index (κ1) is 21.4. The Kier molecular flexibility index (Phi) is 7.52. The lowest BCUT2D eigenvalue weighted by Gasteiger charge is -2.27. The van der Waals surface area contributed by atoms with Gasteiger partial charge in [0.05, 0.1) is 25.3 Å². The standard InChI is InChI=1S/C20H23ClN2O5/c1-4-16(24)28-23(12-13-9-7-6-8-10-13)18-15(21)11-14(20(25)26-3)19(17(18)22)27-5-2/h6-11H,4-5,12,22H2,1-3H3. The van der Waals surface area contributed by atoms with Crippen LogP contribution in [0, 0.1) is 0 Å². The van der Waals surface area contributed by atoms with Crippen LogP contribution >= 0.6 is 11.6 Å². The molecule has 0 atom stereocenters. The fraction of sp³-hybridized carbons (Fsp3) is 0.300. The summed E-state index contributed by atoms with van der Waals surface area (Å²) in [5.74, 6) is -0.968. The van der Waals surface area contributed by atoms with Crippen molar-refractivity contribution in [2.75, 3.05) is 24.5 Å². The van der Waals surface area contributed by atoms with Crippen LogP contribution < -0.4 is 15.5 Å². The summed E-state index contributed by atoms with van der Waals surface area (Å²) in [4.78, 5) is 29.6. The van der Waals surface area contributed by atoms with Crippen LogP contribution in [0.15, 0.2) is 36.4 Å². The Bertz CT molecular complexity index is 842. The van der Waals surface area contributed by atoms with Crippen molar-refractivity contribution in [3.05, 3.63) is 52.5 Å². The molecule has 28 heavy (non-hydrogen) atoms. The van der Waals surface area contributed by atoms with Crippen LogP contribution in [0.25, 0.3) is 0 Å². The van der Waals surface area contributed by atoms with Gasteiger partial charge in [0.1, 0.15) is 16.9 Å². The minimum Gasteiger partial charge on any atom is -0.491 e. The SMILES string of the molecule is CCOc1c(C(=O)OC)cc(Cl)c(N(Cc2ccccc2)OC(=O)CC)c1N. The second-order valence-electron chi connectivity index (χ2n) is 5.76. The molecule has 0 spiro atoms. The summed E-state index contributed by atoms with van der Waals surface area (Å²) in [5, 5.41) is 1.43. The zero-order chi connectivity index (χ0) is 20.7. The maximum atomic E-state index is 12.1. The Morgan fingerprint density at radius 3 is 2.43 bits per heavy atom. The van der Waals surface area contributed by atoms with E-state index in [4.69, 9.17) is 31.6 Å². The van der Waals surface area contributed by atoms with E-state index < -0.39 is 11.9 Å². The van der Waals surface area contributed by atoms with Crippen molar-refractivity contribution in [3.63, 3.8) is 0 Å². The van der Waals surface area contributed by atoms with Crippen LogP contribution in [-0.4, -0.2) is 25.7 Å². The molecule has 7 nitrogen and oxygen atoms in total. The molecule has 0 aliphatic heterocycles. The third kappa shape index (κ3) is 4.86. The van der Waals surface area contributed by atoms with E-state index in [9.17, 15) is 9.59 Å². The first-order valence-electron chi connectivity index (χ1n) is 8.78. The maximum absolute atomic E-state index is 12.1. The Labute approximate surface area is 168 Å². The molecule has 2 N–H and O–H groups in total. The predicted octanol–water partition coefficient (Wildman–Crippen LogP) is 3.98. The van der Waals surface area contributed by atoms with Crippen molar-refractivity contribution in [2.45, 2.75) is 26.8 Å². The zero-order valence-corrected chi connectivity index (χ0v) is 16.8. The summed E-state index contributed by atoms with van der Waals surface area (Å²) in [6.45, 7) is 3.91. The minimum atomic E-state index is -0.635. The van der Waals surface area contributed by atoms with E-state index in [0.717, 1.165) is 5.56 Å². The molecule has 0 radical (unpaired) electrons. The molecule has 0 saturated heterocycles. The number of hydrogen-bond donors (Lipinski definition) is 1. The fourth-order valence-electron chi connectivity index (χ4n) is 2.55. The fourth-order valence-corrected chi connectivity index (χ4v) is 2.86. The molecule has 2 rings (SSSR count). The van der Waals surface area contributed by atoms with E-state index in [0.29, 0.717) is 0 Å². The van der Waals surface area contributed by atoms with Crippen LogP contribution in [0.1, 0.15) is 36.2 Å². The van der Waals surface area contributed by atoms with Gasteiger partial charge in [-0.2, -0.15) is 5.06 Å². The second kappa shape index (κ2) is 9.85. The third-order valence-electron chi connectivity index (χ3n) is 3.85. The number of hydroxylamine groups is 1. The van der Waals surface area contributed by atoms with Crippen molar-refractivity contribution < 1.29 is 23.9 Å². The van der Waals surface area contributed by atoms with Gasteiger partial charge in [0.2, 0.25) is 0 Å². The number of anilines is 2. The van der Waals surface area contributed by atoms with E-state index in [1.54, 1.807) is 13.8 Å². The molecule has 0 bridgehead atoms. The van der Waals surface area contributed by atoms with Crippen molar-refractivity contribution in [1.82, 2.24) is 0 Å². The van der Waals surface area contributed by atoms with Crippen LogP contribution in [0.4, 0.5) is 11.4 Å². The normalized spacial score (nSPS) is 10.3. The van der Waals surface area contributed by atoms with E-state index >= 15 is 0 Å². The maximum Gasteiger partial charge on any atom is 0.341 e. The van der Waals surface area contributed by atoms with E-state index in [1.807, 2.05) is 30.3 Å². The Hall–Kier alpha value is -2.93. The number of rotatable bonds is 8. The van der Waals surface area contributed by atoms with Gasteiger partial charge in [-0.1, -0.05) is 48.9 Å². The van der Waals surface area contributed by atoms with Gasteiger partial charge in [-0.25, -0.2) is 9.59 Å². The quantitative estimate of drug-likeness (QED) is 0.402. The van der Waals surface area contributed by atoms with Gasteiger partial charge in [-0.05, 0) is 18.6 Å². The highest BCUT2D eigenvalue weighted by molar-refractivity contribution is 6.34. The number of esters is 1. The predicted molar refractivity (Wildman–Crippen MR) is 107 cm³/mol. The van der Waals surface area contributed by atoms with Crippen molar-refractivity contribution >= 4 is 34.9 Å². The van der Waals surface area contributed by atoms with Gasteiger partial charge in [0.25, 0.3) is 0 Å². The number of nitrogen functional groups attached to an aromatic ring is 1. The molecule has 0 heterocycles. The summed E-state index contributed by atoms with van der Waals surface area (Å²) < 4.78 is 10.3. The number of nitrogens with two attached hydrogens (primary N) is 1. The lowest BCUT2D eigenvalue weighted by atomic mass is 10.1. The van der Waals surface area contributed by atoms with E-state index in [-0.39, 0.29) is 47.3 Å². The summed E-state index contributed by atoms with van der Waals surface area (Å²) in [6, 6.07) is 10.8. The highest BCUT2D eigenvalue weighted by Gasteiger charge is 2.26. The smallest absolute Gasteiger partial charge is 0.341 e. The second-order valence-corrected chi connectivity index (χ2v) is 6.17. The first-order valence-corrected chi connectivity index (χ1v) is 9.15. The summed E-state index contributed by atoms with van der Waals surface area (Å²) in [7, 11) is 1.25. The third-order valence-corrected chi connectivity index (χ3v) is 4.14. The van der Waals surface area contributed by atoms with Crippen LogP contribution in [0.3, 0.4) is 0 Å². The average Bonchev–Trinajstić information content (AvgIpc) is 2.69. The molecule has 150 valence electrons. The molecule has 8 heteroatoms. The largest absolute Gasteiger partial charge is 0.491 e. The molecular formula is C20H23ClN2O5. The van der Waals surface area contributed by atoms with Gasteiger partial charge in [0.15, 0.2) is 5.75 Å². The van der Waals surface area contributed by atoms with Crippen molar-refractivity contribution in [3.8, 4) is 5.75 Å². The van der Waals surface area contributed by atoms with Crippen molar-refractivity contribution in [1.29, 1.82) is 0 Å². The molecule has 0 fully saturated rings. The molecule has 0 unspecified atom stereocenters. The Morgan fingerprint density at radius 1 is 1.18 bits per heavy atom. The molecule has 0 saturated carbocycles. The first-order chi connectivity index (χ1) is 13.4. The molecule has 0 aliphatic carbocycles. The van der Waals surface area contributed by atoms with Gasteiger partial charge >= 0.3 is 11.9 Å². The van der Waals surface area contributed by atoms with Gasteiger partial charge in [0, 0.05) is 6.42 Å².